The quantitative estimate of drug-likeness (QED) is 0.672. The molecule has 2 amide bonds. The zero-order valence-corrected chi connectivity index (χ0v) is 18.5. The molecule has 1 fully saturated rings. The number of nitrogens with zero attached hydrogens (tertiary/aromatic N) is 2. The molecular formula is C22H27N3O5S. The maximum Gasteiger partial charge on any atom is 0.243 e. The summed E-state index contributed by atoms with van der Waals surface area (Å²) in [6.45, 7) is 1.31. The molecule has 1 aliphatic rings. The first-order chi connectivity index (χ1) is 14.8. The normalized spacial score (nSPS) is 14.0. The fraction of sp³-hybridized carbons (Fsp3) is 0.364. The summed E-state index contributed by atoms with van der Waals surface area (Å²) in [7, 11) is -0.954. The molecule has 3 rings (SSSR count). The molecule has 0 spiro atoms. The number of nitrogens with one attached hydrogen (secondary N) is 1. The van der Waals surface area contributed by atoms with Gasteiger partial charge in [-0.25, -0.2) is 8.42 Å². The summed E-state index contributed by atoms with van der Waals surface area (Å²) in [5.74, 6) is 0.199. The van der Waals surface area contributed by atoms with Gasteiger partial charge in [0.15, 0.2) is 0 Å². The van der Waals surface area contributed by atoms with E-state index >= 15 is 0 Å². The zero-order chi connectivity index (χ0) is 22.4. The molecule has 1 heterocycles. The Bertz CT molecular complexity index is 1010. The number of hydrogen-bond donors (Lipinski definition) is 1. The van der Waals surface area contributed by atoms with Gasteiger partial charge in [0.1, 0.15) is 5.75 Å². The van der Waals surface area contributed by atoms with Crippen LogP contribution in [0.3, 0.4) is 0 Å². The van der Waals surface area contributed by atoms with Crippen LogP contribution in [0.25, 0.3) is 0 Å². The molecule has 1 N–H and O–H groups in total. The summed E-state index contributed by atoms with van der Waals surface area (Å²) in [6, 6.07) is 13.0. The van der Waals surface area contributed by atoms with Gasteiger partial charge in [-0.3, -0.25) is 9.59 Å². The molecule has 0 radical (unpaired) electrons. The standard InChI is InChI=1S/C22H27N3O5S/c1-24(31(28,29)20-11-9-19(30-2)10-12-20)16-21(26)23-18-7-5-17(6-8-18)15-22(27)25-13-3-4-14-25/h5-12H,3-4,13-16H2,1-2H3,(H,23,26). The van der Waals surface area contributed by atoms with Gasteiger partial charge >= 0.3 is 0 Å². The van der Waals surface area contributed by atoms with Crippen molar-refractivity contribution in [3.8, 4) is 5.75 Å². The Hall–Kier alpha value is -2.91. The zero-order valence-electron chi connectivity index (χ0n) is 17.7. The molecule has 8 nitrogen and oxygen atoms in total. The third-order valence-corrected chi connectivity index (χ3v) is 7.00. The fourth-order valence-electron chi connectivity index (χ4n) is 3.37. The Morgan fingerprint density at radius 2 is 1.65 bits per heavy atom. The number of carbonyl (C=O) groups excluding carboxylic acids is 2. The van der Waals surface area contributed by atoms with E-state index in [1.165, 1.54) is 26.3 Å². The number of anilines is 1. The minimum Gasteiger partial charge on any atom is -0.497 e. The maximum absolute atomic E-state index is 12.6. The molecule has 0 saturated carbocycles. The second kappa shape index (κ2) is 9.93. The van der Waals surface area contributed by atoms with Crippen LogP contribution in [0.15, 0.2) is 53.4 Å². The predicted octanol–water partition coefficient (Wildman–Crippen LogP) is 2.12. The number of likely N-dealkylation sites (tertiary alicyclic amines) is 1. The molecule has 2 aromatic rings. The molecular weight excluding hydrogens is 418 g/mol. The molecule has 1 aliphatic heterocycles. The van der Waals surface area contributed by atoms with Crippen molar-refractivity contribution in [3.63, 3.8) is 0 Å². The lowest BCUT2D eigenvalue weighted by Gasteiger charge is -2.17. The van der Waals surface area contributed by atoms with Gasteiger partial charge in [0, 0.05) is 25.8 Å². The highest BCUT2D eigenvalue weighted by atomic mass is 32.2. The Labute approximate surface area is 182 Å². The van der Waals surface area contributed by atoms with Crippen molar-refractivity contribution in [2.24, 2.45) is 0 Å². The summed E-state index contributed by atoms with van der Waals surface area (Å²) in [5, 5.41) is 2.69. The number of ether oxygens (including phenoxy) is 1. The van der Waals surface area contributed by atoms with Crippen molar-refractivity contribution >= 4 is 27.5 Å². The van der Waals surface area contributed by atoms with E-state index in [0.717, 1.165) is 35.8 Å². The number of amides is 2. The molecule has 0 atom stereocenters. The van der Waals surface area contributed by atoms with Gasteiger partial charge in [0.2, 0.25) is 21.8 Å². The summed E-state index contributed by atoms with van der Waals surface area (Å²) < 4.78 is 31.3. The van der Waals surface area contributed by atoms with E-state index in [1.54, 1.807) is 36.4 Å². The van der Waals surface area contributed by atoms with Crippen LogP contribution in [0, 0.1) is 0 Å². The first-order valence-corrected chi connectivity index (χ1v) is 11.5. The number of hydrogen-bond acceptors (Lipinski definition) is 5. The lowest BCUT2D eigenvalue weighted by molar-refractivity contribution is -0.129. The molecule has 1 saturated heterocycles. The van der Waals surface area contributed by atoms with E-state index in [0.29, 0.717) is 17.9 Å². The maximum atomic E-state index is 12.6. The Balaban J connectivity index is 1.55. The minimum absolute atomic E-state index is 0.0793. The van der Waals surface area contributed by atoms with Gasteiger partial charge in [-0.2, -0.15) is 4.31 Å². The molecule has 166 valence electrons. The SMILES string of the molecule is COc1ccc(S(=O)(=O)N(C)CC(=O)Nc2ccc(CC(=O)N3CCCC3)cc2)cc1. The average molecular weight is 446 g/mol. The highest BCUT2D eigenvalue weighted by Crippen LogP contribution is 2.19. The van der Waals surface area contributed by atoms with Crippen molar-refractivity contribution < 1.29 is 22.7 Å². The van der Waals surface area contributed by atoms with Crippen molar-refractivity contribution in [2.75, 3.05) is 39.1 Å². The van der Waals surface area contributed by atoms with Crippen molar-refractivity contribution in [1.82, 2.24) is 9.21 Å². The van der Waals surface area contributed by atoms with Crippen LogP contribution < -0.4 is 10.1 Å². The fourth-order valence-corrected chi connectivity index (χ4v) is 4.50. The van der Waals surface area contributed by atoms with E-state index < -0.39 is 15.9 Å². The number of benzene rings is 2. The Morgan fingerprint density at radius 1 is 1.03 bits per heavy atom. The highest BCUT2D eigenvalue weighted by molar-refractivity contribution is 7.89. The van der Waals surface area contributed by atoms with E-state index in [2.05, 4.69) is 5.32 Å². The molecule has 0 aromatic heterocycles. The third-order valence-electron chi connectivity index (χ3n) is 5.19. The Kier molecular flexibility index (Phi) is 7.29. The highest BCUT2D eigenvalue weighted by Gasteiger charge is 2.23. The van der Waals surface area contributed by atoms with Gasteiger partial charge in [0.05, 0.1) is 25.0 Å². The second-order valence-corrected chi connectivity index (χ2v) is 9.49. The largest absolute Gasteiger partial charge is 0.497 e. The third kappa shape index (κ3) is 5.83. The lowest BCUT2D eigenvalue weighted by atomic mass is 10.1. The predicted molar refractivity (Wildman–Crippen MR) is 117 cm³/mol. The van der Waals surface area contributed by atoms with Crippen molar-refractivity contribution in [3.05, 3.63) is 54.1 Å². The lowest BCUT2D eigenvalue weighted by Crippen LogP contribution is -2.34. The topological polar surface area (TPSA) is 96.0 Å². The first kappa shape index (κ1) is 22.8. The van der Waals surface area contributed by atoms with Crippen molar-refractivity contribution in [2.45, 2.75) is 24.2 Å². The molecule has 0 unspecified atom stereocenters. The molecule has 31 heavy (non-hydrogen) atoms. The van der Waals surface area contributed by atoms with Gasteiger partial charge < -0.3 is 15.0 Å². The van der Waals surface area contributed by atoms with Crippen LogP contribution in [0.4, 0.5) is 5.69 Å². The van der Waals surface area contributed by atoms with E-state index in [9.17, 15) is 18.0 Å². The van der Waals surface area contributed by atoms with Crippen LogP contribution in [0.1, 0.15) is 18.4 Å². The van der Waals surface area contributed by atoms with Gasteiger partial charge in [-0.05, 0) is 54.8 Å². The summed E-state index contributed by atoms with van der Waals surface area (Å²) in [5.41, 5.74) is 1.41. The van der Waals surface area contributed by atoms with Gasteiger partial charge in [0.25, 0.3) is 0 Å². The molecule has 2 aromatic carbocycles. The molecule has 9 heteroatoms. The van der Waals surface area contributed by atoms with Crippen molar-refractivity contribution in [1.29, 1.82) is 0 Å². The van der Waals surface area contributed by atoms with Crippen LogP contribution in [-0.2, 0) is 26.0 Å². The number of sulfonamides is 1. The minimum atomic E-state index is -3.80. The smallest absolute Gasteiger partial charge is 0.243 e. The summed E-state index contributed by atoms with van der Waals surface area (Å²) >= 11 is 0. The summed E-state index contributed by atoms with van der Waals surface area (Å²) in [4.78, 5) is 26.5. The van der Waals surface area contributed by atoms with Crippen LogP contribution in [0.5, 0.6) is 5.75 Å². The van der Waals surface area contributed by atoms with E-state index in [4.69, 9.17) is 4.74 Å². The van der Waals surface area contributed by atoms with Crippen LogP contribution in [0.2, 0.25) is 0 Å². The number of methoxy groups -OCH3 is 1. The number of likely N-dealkylation sites (N-methyl/N-ethyl adjacent to an activating group) is 1. The molecule has 0 aliphatic carbocycles. The van der Waals surface area contributed by atoms with Gasteiger partial charge in [-0.15, -0.1) is 0 Å². The second-order valence-electron chi connectivity index (χ2n) is 7.45. The Morgan fingerprint density at radius 3 is 2.23 bits per heavy atom. The number of carbonyl (C=O) groups is 2. The first-order valence-electron chi connectivity index (χ1n) is 10.1. The summed E-state index contributed by atoms with van der Waals surface area (Å²) in [6.07, 6.45) is 2.44. The van der Waals surface area contributed by atoms with E-state index in [-0.39, 0.29) is 17.3 Å². The number of rotatable bonds is 8. The van der Waals surface area contributed by atoms with Crippen LogP contribution >= 0.6 is 0 Å². The van der Waals surface area contributed by atoms with E-state index in [1.807, 2.05) is 4.90 Å². The molecule has 0 bridgehead atoms. The average Bonchev–Trinajstić information content (AvgIpc) is 3.30. The van der Waals surface area contributed by atoms with Crippen LogP contribution in [-0.4, -0.2) is 63.2 Å². The monoisotopic (exact) mass is 445 g/mol. The van der Waals surface area contributed by atoms with Gasteiger partial charge in [-0.1, -0.05) is 12.1 Å².